The Bertz CT molecular complexity index is 206. The van der Waals surface area contributed by atoms with Gasteiger partial charge in [0.1, 0.15) is 0 Å². The van der Waals surface area contributed by atoms with E-state index in [1.54, 1.807) is 0 Å². The second-order valence-corrected chi connectivity index (χ2v) is 7.23. The molecule has 1 fully saturated rings. The van der Waals surface area contributed by atoms with Crippen LogP contribution in [0.1, 0.15) is 13.8 Å². The predicted octanol–water partition coefficient (Wildman–Crippen LogP) is 2.56. The number of hydrogen-bond donors (Lipinski definition) is 0. The fourth-order valence-corrected chi connectivity index (χ4v) is 4.97. The van der Waals surface area contributed by atoms with Crippen LogP contribution in [0.5, 0.6) is 0 Å². The smallest absolute Gasteiger partial charge is 0.0540 e. The normalized spacial score (nSPS) is 26.3. The Morgan fingerprint density at radius 2 is 1.76 bits per heavy atom. The Morgan fingerprint density at radius 3 is 2.24 bits per heavy atom. The molecule has 4 heteroatoms. The van der Waals surface area contributed by atoms with Gasteiger partial charge in [0.05, 0.1) is 4.58 Å². The Balaban J connectivity index is 2.60. The quantitative estimate of drug-likeness (QED) is 0.659. The molecule has 0 aliphatic carbocycles. The molecule has 1 aliphatic heterocycles. The topological polar surface area (TPSA) is 6.48 Å². The molecule has 0 amide bonds. The van der Waals surface area contributed by atoms with Crippen LogP contribution in [0.3, 0.4) is 0 Å². The van der Waals surface area contributed by atoms with E-state index in [1.807, 2.05) is 23.5 Å². The summed E-state index contributed by atoms with van der Waals surface area (Å²) in [6.07, 6.45) is 4.52. The molecule has 17 heavy (non-hydrogen) atoms. The summed E-state index contributed by atoms with van der Waals surface area (Å²) in [6, 6.07) is 0. The first-order chi connectivity index (χ1) is 8.15. The largest absolute Gasteiger partial charge is 0.306 e. The van der Waals surface area contributed by atoms with Gasteiger partial charge in [-0.25, -0.2) is 0 Å². The van der Waals surface area contributed by atoms with Gasteiger partial charge in [0.2, 0.25) is 0 Å². The van der Waals surface area contributed by atoms with Crippen molar-refractivity contribution >= 4 is 23.5 Å². The molecular formula is C13H28N2S2. The van der Waals surface area contributed by atoms with Crippen LogP contribution in [0.4, 0.5) is 0 Å². The standard InChI is InChI=1S/C13H28N2S2/c1-6-15(7-2)9-11-8-14(3)10-12(11)13(16-4)17-5/h11-13H,6-10H2,1-5H3. The molecule has 0 spiro atoms. The van der Waals surface area contributed by atoms with Gasteiger partial charge in [-0.3, -0.25) is 0 Å². The summed E-state index contributed by atoms with van der Waals surface area (Å²) in [7, 11) is 2.27. The van der Waals surface area contributed by atoms with Crippen LogP contribution < -0.4 is 0 Å². The first-order valence-electron chi connectivity index (χ1n) is 6.62. The lowest BCUT2D eigenvalue weighted by Crippen LogP contribution is -2.35. The number of rotatable bonds is 7. The predicted molar refractivity (Wildman–Crippen MR) is 83.1 cm³/mol. The molecule has 0 aromatic heterocycles. The Labute approximate surface area is 116 Å². The highest BCUT2D eigenvalue weighted by molar-refractivity contribution is 8.16. The molecule has 0 aromatic carbocycles. The van der Waals surface area contributed by atoms with Crippen molar-refractivity contribution in [3.8, 4) is 0 Å². The lowest BCUT2D eigenvalue weighted by atomic mass is 9.97. The van der Waals surface area contributed by atoms with E-state index < -0.39 is 0 Å². The van der Waals surface area contributed by atoms with Crippen LogP contribution in [0.2, 0.25) is 0 Å². The van der Waals surface area contributed by atoms with Gasteiger partial charge >= 0.3 is 0 Å². The third-order valence-electron chi connectivity index (χ3n) is 3.88. The molecule has 0 bridgehead atoms. The summed E-state index contributed by atoms with van der Waals surface area (Å²) in [6.45, 7) is 10.8. The van der Waals surface area contributed by atoms with Gasteiger partial charge in [0.15, 0.2) is 0 Å². The average Bonchev–Trinajstić information content (AvgIpc) is 2.69. The van der Waals surface area contributed by atoms with Gasteiger partial charge in [-0.1, -0.05) is 13.8 Å². The molecule has 1 heterocycles. The number of likely N-dealkylation sites (tertiary alicyclic amines) is 1. The minimum Gasteiger partial charge on any atom is -0.306 e. The summed E-state index contributed by atoms with van der Waals surface area (Å²) < 4.78 is 0.764. The van der Waals surface area contributed by atoms with Crippen LogP contribution >= 0.6 is 23.5 Å². The molecule has 2 atom stereocenters. The lowest BCUT2D eigenvalue weighted by Gasteiger charge is -2.29. The molecule has 0 radical (unpaired) electrons. The molecule has 1 rings (SSSR count). The van der Waals surface area contributed by atoms with Gasteiger partial charge < -0.3 is 9.80 Å². The van der Waals surface area contributed by atoms with Crippen LogP contribution in [-0.4, -0.2) is 66.7 Å². The fraction of sp³-hybridized carbons (Fsp3) is 1.00. The van der Waals surface area contributed by atoms with Gasteiger partial charge in [-0.05, 0) is 44.5 Å². The lowest BCUT2D eigenvalue weighted by molar-refractivity contribution is 0.233. The van der Waals surface area contributed by atoms with Crippen molar-refractivity contribution in [3.05, 3.63) is 0 Å². The monoisotopic (exact) mass is 276 g/mol. The van der Waals surface area contributed by atoms with E-state index in [2.05, 4.69) is 43.2 Å². The molecular weight excluding hydrogens is 248 g/mol. The van der Waals surface area contributed by atoms with E-state index in [0.717, 1.165) is 16.4 Å². The number of nitrogens with zero attached hydrogens (tertiary/aromatic N) is 2. The third kappa shape index (κ3) is 4.34. The van der Waals surface area contributed by atoms with E-state index >= 15 is 0 Å². The Hall–Kier alpha value is 0.620. The van der Waals surface area contributed by atoms with Gasteiger partial charge in [0, 0.05) is 19.6 Å². The van der Waals surface area contributed by atoms with E-state index in [4.69, 9.17) is 0 Å². The molecule has 102 valence electrons. The maximum absolute atomic E-state index is 2.58. The van der Waals surface area contributed by atoms with Crippen molar-refractivity contribution in [1.29, 1.82) is 0 Å². The summed E-state index contributed by atoms with van der Waals surface area (Å²) in [4.78, 5) is 5.09. The first kappa shape index (κ1) is 15.7. The summed E-state index contributed by atoms with van der Waals surface area (Å²) >= 11 is 4.07. The van der Waals surface area contributed by atoms with Crippen molar-refractivity contribution in [1.82, 2.24) is 9.80 Å². The zero-order valence-electron chi connectivity index (χ0n) is 12.0. The van der Waals surface area contributed by atoms with Crippen molar-refractivity contribution in [2.24, 2.45) is 11.8 Å². The van der Waals surface area contributed by atoms with E-state index in [-0.39, 0.29) is 0 Å². The molecule has 1 aliphatic rings. The fourth-order valence-electron chi connectivity index (χ4n) is 2.88. The number of hydrogen-bond acceptors (Lipinski definition) is 4. The molecule has 2 unspecified atom stereocenters. The van der Waals surface area contributed by atoms with Crippen molar-refractivity contribution < 1.29 is 0 Å². The van der Waals surface area contributed by atoms with E-state index in [0.29, 0.717) is 0 Å². The van der Waals surface area contributed by atoms with E-state index in [9.17, 15) is 0 Å². The minimum absolute atomic E-state index is 0.764. The van der Waals surface area contributed by atoms with Crippen LogP contribution in [0.15, 0.2) is 0 Å². The van der Waals surface area contributed by atoms with Crippen LogP contribution in [-0.2, 0) is 0 Å². The van der Waals surface area contributed by atoms with E-state index in [1.165, 1.54) is 32.7 Å². The van der Waals surface area contributed by atoms with Crippen molar-refractivity contribution in [2.45, 2.75) is 18.4 Å². The second kappa shape index (κ2) is 7.93. The number of thioether (sulfide) groups is 2. The van der Waals surface area contributed by atoms with Crippen molar-refractivity contribution in [2.75, 3.05) is 52.3 Å². The molecule has 2 nitrogen and oxygen atoms in total. The third-order valence-corrected chi connectivity index (χ3v) is 6.66. The first-order valence-corrected chi connectivity index (χ1v) is 9.20. The molecule has 0 N–H and O–H groups in total. The maximum Gasteiger partial charge on any atom is 0.0540 e. The zero-order chi connectivity index (χ0) is 12.8. The second-order valence-electron chi connectivity index (χ2n) is 4.97. The Kier molecular flexibility index (Phi) is 7.31. The SMILES string of the molecule is CCN(CC)CC1CN(C)CC1C(SC)SC. The summed E-state index contributed by atoms with van der Waals surface area (Å²) in [5.41, 5.74) is 0. The maximum atomic E-state index is 2.58. The summed E-state index contributed by atoms with van der Waals surface area (Å²) in [5, 5.41) is 0. The van der Waals surface area contributed by atoms with Crippen molar-refractivity contribution in [3.63, 3.8) is 0 Å². The highest BCUT2D eigenvalue weighted by atomic mass is 32.2. The van der Waals surface area contributed by atoms with Gasteiger partial charge in [0.25, 0.3) is 0 Å². The highest BCUT2D eigenvalue weighted by Crippen LogP contribution is 2.36. The molecule has 1 saturated heterocycles. The zero-order valence-corrected chi connectivity index (χ0v) is 13.6. The minimum atomic E-state index is 0.764. The molecule has 0 aromatic rings. The van der Waals surface area contributed by atoms with Gasteiger partial charge in [-0.15, -0.1) is 0 Å². The molecule has 0 saturated carbocycles. The van der Waals surface area contributed by atoms with Gasteiger partial charge in [-0.2, -0.15) is 23.5 Å². The summed E-state index contributed by atoms with van der Waals surface area (Å²) in [5.74, 6) is 1.70. The van der Waals surface area contributed by atoms with Crippen LogP contribution in [0, 0.1) is 11.8 Å². The Morgan fingerprint density at radius 1 is 1.18 bits per heavy atom. The van der Waals surface area contributed by atoms with Crippen LogP contribution in [0.25, 0.3) is 0 Å². The highest BCUT2D eigenvalue weighted by Gasteiger charge is 2.36. The average molecular weight is 277 g/mol.